The monoisotopic (exact) mass is 262 g/mol. The van der Waals surface area contributed by atoms with Crippen molar-refractivity contribution in [3.05, 3.63) is 23.8 Å². The number of nitrogens with zero attached hydrogens (tertiary/aromatic N) is 1. The van der Waals surface area contributed by atoms with Crippen molar-refractivity contribution in [2.24, 2.45) is 5.92 Å². The van der Waals surface area contributed by atoms with Crippen molar-refractivity contribution in [3.8, 4) is 5.75 Å². The molecule has 1 unspecified atom stereocenters. The van der Waals surface area contributed by atoms with Gasteiger partial charge in [0.25, 0.3) is 5.91 Å². The summed E-state index contributed by atoms with van der Waals surface area (Å²) < 4.78 is 5.17. The Hall–Kier alpha value is -1.71. The summed E-state index contributed by atoms with van der Waals surface area (Å²) in [4.78, 5) is 14.5. The number of likely N-dealkylation sites (tertiary alicyclic amines) is 1. The molecular formula is C15H22N2O2. The Morgan fingerprint density at radius 2 is 2.32 bits per heavy atom. The average Bonchev–Trinajstić information content (AvgIpc) is 2.47. The number of ether oxygens (including phenoxy) is 1. The van der Waals surface area contributed by atoms with Gasteiger partial charge in [0.2, 0.25) is 0 Å². The van der Waals surface area contributed by atoms with E-state index in [1.807, 2.05) is 11.0 Å². The van der Waals surface area contributed by atoms with Crippen LogP contribution in [0.15, 0.2) is 18.2 Å². The quantitative estimate of drug-likeness (QED) is 0.852. The van der Waals surface area contributed by atoms with Gasteiger partial charge in [-0.15, -0.1) is 0 Å². The second-order valence-electron chi connectivity index (χ2n) is 5.09. The van der Waals surface area contributed by atoms with Crippen LogP contribution in [0, 0.1) is 5.92 Å². The van der Waals surface area contributed by atoms with Crippen LogP contribution in [0.25, 0.3) is 0 Å². The van der Waals surface area contributed by atoms with Crippen molar-refractivity contribution in [2.45, 2.75) is 26.2 Å². The summed E-state index contributed by atoms with van der Waals surface area (Å²) in [5, 5.41) is 0. The second-order valence-corrected chi connectivity index (χ2v) is 5.09. The van der Waals surface area contributed by atoms with Gasteiger partial charge in [0.05, 0.1) is 18.4 Å². The summed E-state index contributed by atoms with van der Waals surface area (Å²) in [5.41, 5.74) is 6.99. The van der Waals surface area contributed by atoms with Gasteiger partial charge in [0.1, 0.15) is 5.75 Å². The lowest BCUT2D eigenvalue weighted by Crippen LogP contribution is -2.40. The number of para-hydroxylation sites is 1. The summed E-state index contributed by atoms with van der Waals surface area (Å²) >= 11 is 0. The molecule has 0 saturated carbocycles. The standard InChI is InChI=1S/C15H22N2O2/c1-3-11-6-5-9-17(10-11)15(18)12-7-4-8-13(19-2)14(12)16/h4,7-8,11H,3,5-6,9-10,16H2,1-2H3. The Morgan fingerprint density at radius 1 is 1.53 bits per heavy atom. The van der Waals surface area contributed by atoms with Gasteiger partial charge in [-0.25, -0.2) is 0 Å². The molecule has 104 valence electrons. The molecule has 0 aromatic heterocycles. The summed E-state index contributed by atoms with van der Waals surface area (Å²) in [6.45, 7) is 3.84. The number of benzene rings is 1. The predicted octanol–water partition coefficient (Wildman–Crippen LogP) is 2.54. The van der Waals surface area contributed by atoms with Crippen molar-refractivity contribution in [2.75, 3.05) is 25.9 Å². The van der Waals surface area contributed by atoms with E-state index in [9.17, 15) is 4.79 Å². The molecule has 1 atom stereocenters. The Morgan fingerprint density at radius 3 is 3.00 bits per heavy atom. The molecule has 1 saturated heterocycles. The number of nitrogen functional groups attached to an aromatic ring is 1. The van der Waals surface area contributed by atoms with Gasteiger partial charge < -0.3 is 15.4 Å². The molecule has 19 heavy (non-hydrogen) atoms. The summed E-state index contributed by atoms with van der Waals surface area (Å²) in [6, 6.07) is 5.36. The van der Waals surface area contributed by atoms with Crippen LogP contribution in [0.3, 0.4) is 0 Å². The lowest BCUT2D eigenvalue weighted by molar-refractivity contribution is 0.0672. The fourth-order valence-corrected chi connectivity index (χ4v) is 2.66. The molecule has 1 fully saturated rings. The number of anilines is 1. The van der Waals surface area contributed by atoms with Gasteiger partial charge in [-0.3, -0.25) is 4.79 Å². The minimum atomic E-state index is 0.0227. The largest absolute Gasteiger partial charge is 0.495 e. The predicted molar refractivity (Wildman–Crippen MR) is 76.3 cm³/mol. The average molecular weight is 262 g/mol. The molecule has 0 bridgehead atoms. The molecule has 1 aromatic carbocycles. The van der Waals surface area contributed by atoms with E-state index in [4.69, 9.17) is 10.5 Å². The molecule has 1 aliphatic rings. The first-order chi connectivity index (χ1) is 9.17. The maximum Gasteiger partial charge on any atom is 0.256 e. The van der Waals surface area contributed by atoms with Crippen molar-refractivity contribution >= 4 is 11.6 Å². The number of carbonyl (C=O) groups is 1. The number of methoxy groups -OCH3 is 1. The number of carbonyl (C=O) groups excluding carboxylic acids is 1. The Bertz CT molecular complexity index is 459. The van der Waals surface area contributed by atoms with Gasteiger partial charge in [0, 0.05) is 13.1 Å². The molecule has 1 amide bonds. The molecule has 0 spiro atoms. The molecule has 2 rings (SSSR count). The zero-order valence-electron chi connectivity index (χ0n) is 11.7. The van der Waals surface area contributed by atoms with E-state index in [-0.39, 0.29) is 5.91 Å². The summed E-state index contributed by atoms with van der Waals surface area (Å²) in [7, 11) is 1.56. The molecule has 4 heteroatoms. The molecule has 0 radical (unpaired) electrons. The van der Waals surface area contributed by atoms with Crippen LogP contribution in [0.4, 0.5) is 5.69 Å². The van der Waals surface area contributed by atoms with E-state index in [1.54, 1.807) is 19.2 Å². The van der Waals surface area contributed by atoms with Crippen LogP contribution < -0.4 is 10.5 Å². The van der Waals surface area contributed by atoms with Crippen LogP contribution in [-0.2, 0) is 0 Å². The maximum atomic E-state index is 12.5. The van der Waals surface area contributed by atoms with Crippen molar-refractivity contribution < 1.29 is 9.53 Å². The second kappa shape index (κ2) is 5.95. The van der Waals surface area contributed by atoms with Gasteiger partial charge in [-0.05, 0) is 30.9 Å². The Balaban J connectivity index is 2.19. The summed E-state index contributed by atoms with van der Waals surface area (Å²) in [5.74, 6) is 1.20. The summed E-state index contributed by atoms with van der Waals surface area (Å²) in [6.07, 6.45) is 3.42. The third-order valence-electron chi connectivity index (χ3n) is 3.90. The minimum absolute atomic E-state index is 0.0227. The number of amides is 1. The lowest BCUT2D eigenvalue weighted by atomic mass is 9.95. The van der Waals surface area contributed by atoms with Crippen LogP contribution in [0.2, 0.25) is 0 Å². The lowest BCUT2D eigenvalue weighted by Gasteiger charge is -2.32. The highest BCUT2D eigenvalue weighted by Crippen LogP contribution is 2.27. The minimum Gasteiger partial charge on any atom is -0.495 e. The third kappa shape index (κ3) is 2.83. The maximum absolute atomic E-state index is 12.5. The number of nitrogens with two attached hydrogens (primary N) is 1. The molecule has 1 aromatic rings. The number of hydrogen-bond donors (Lipinski definition) is 1. The van der Waals surface area contributed by atoms with Gasteiger partial charge >= 0.3 is 0 Å². The highest BCUT2D eigenvalue weighted by atomic mass is 16.5. The fourth-order valence-electron chi connectivity index (χ4n) is 2.66. The highest BCUT2D eigenvalue weighted by molar-refractivity contribution is 6.00. The first kappa shape index (κ1) is 13.7. The first-order valence-corrected chi connectivity index (χ1v) is 6.89. The Kier molecular flexibility index (Phi) is 4.30. The van der Waals surface area contributed by atoms with Crippen LogP contribution in [0.1, 0.15) is 36.5 Å². The topological polar surface area (TPSA) is 55.6 Å². The van der Waals surface area contributed by atoms with Crippen LogP contribution in [0.5, 0.6) is 5.75 Å². The fraction of sp³-hybridized carbons (Fsp3) is 0.533. The van der Waals surface area contributed by atoms with E-state index in [2.05, 4.69) is 6.92 Å². The smallest absolute Gasteiger partial charge is 0.256 e. The van der Waals surface area contributed by atoms with E-state index in [0.29, 0.717) is 22.9 Å². The van der Waals surface area contributed by atoms with Crippen molar-refractivity contribution in [1.29, 1.82) is 0 Å². The third-order valence-corrected chi connectivity index (χ3v) is 3.90. The van der Waals surface area contributed by atoms with Crippen LogP contribution >= 0.6 is 0 Å². The molecule has 4 nitrogen and oxygen atoms in total. The van der Waals surface area contributed by atoms with Gasteiger partial charge in [-0.2, -0.15) is 0 Å². The zero-order valence-corrected chi connectivity index (χ0v) is 11.7. The number of piperidine rings is 1. The molecule has 0 aliphatic carbocycles. The van der Waals surface area contributed by atoms with Crippen LogP contribution in [-0.4, -0.2) is 31.0 Å². The van der Waals surface area contributed by atoms with E-state index in [1.165, 1.54) is 6.42 Å². The normalized spacial score (nSPS) is 19.3. The van der Waals surface area contributed by atoms with Gasteiger partial charge in [-0.1, -0.05) is 19.4 Å². The Labute approximate surface area is 114 Å². The van der Waals surface area contributed by atoms with E-state index < -0.39 is 0 Å². The van der Waals surface area contributed by atoms with Crippen molar-refractivity contribution in [1.82, 2.24) is 4.90 Å². The van der Waals surface area contributed by atoms with E-state index in [0.717, 1.165) is 25.9 Å². The van der Waals surface area contributed by atoms with E-state index >= 15 is 0 Å². The molecule has 1 aliphatic heterocycles. The molecular weight excluding hydrogens is 240 g/mol. The highest BCUT2D eigenvalue weighted by Gasteiger charge is 2.25. The number of hydrogen-bond acceptors (Lipinski definition) is 3. The first-order valence-electron chi connectivity index (χ1n) is 6.89. The van der Waals surface area contributed by atoms with Gasteiger partial charge in [0.15, 0.2) is 0 Å². The molecule has 2 N–H and O–H groups in total. The number of rotatable bonds is 3. The molecule has 1 heterocycles. The SMILES string of the molecule is CCC1CCCN(C(=O)c2cccc(OC)c2N)C1. The zero-order chi connectivity index (χ0) is 13.8. The van der Waals surface area contributed by atoms with Crippen molar-refractivity contribution in [3.63, 3.8) is 0 Å².